The van der Waals surface area contributed by atoms with Crippen LogP contribution in [0.5, 0.6) is 5.75 Å². The number of phenolic OH excluding ortho intramolecular Hbond substituents is 1. The predicted octanol–water partition coefficient (Wildman–Crippen LogP) is 14.6. The molecule has 0 atom stereocenters. The van der Waals surface area contributed by atoms with Gasteiger partial charge in [-0.25, -0.2) is 4.98 Å². The van der Waals surface area contributed by atoms with Crippen molar-refractivity contribution < 1.29 is 25.7 Å². The van der Waals surface area contributed by atoms with Gasteiger partial charge in [-0.05, 0) is 136 Å². The van der Waals surface area contributed by atoms with Crippen LogP contribution < -0.4 is 0 Å². The zero-order chi connectivity index (χ0) is 53.8. The Balaban J connectivity index is 1.42. The van der Waals surface area contributed by atoms with Gasteiger partial charge in [0.25, 0.3) is 0 Å². The fraction of sp³-hybridized carbons (Fsp3) is 0.222. The summed E-state index contributed by atoms with van der Waals surface area (Å²) in [7, 11) is 0. The van der Waals surface area contributed by atoms with Crippen LogP contribution in [0, 0.1) is 13.7 Å². The molecule has 290 valence electrons. The lowest BCUT2D eigenvalue weighted by atomic mass is 9.83. The number of benzene rings is 6. The van der Waals surface area contributed by atoms with Gasteiger partial charge in [-0.1, -0.05) is 133 Å². The van der Waals surface area contributed by atoms with Gasteiger partial charge in [0.2, 0.25) is 0 Å². The normalized spacial score (nSPS) is 16.4. The molecule has 0 saturated carbocycles. The van der Waals surface area contributed by atoms with Crippen molar-refractivity contribution in [3.05, 3.63) is 167 Å². The van der Waals surface area contributed by atoms with Crippen LogP contribution in [0.2, 0.25) is 0 Å². The number of imidazole rings is 1. The maximum absolute atomic E-state index is 11.4. The summed E-state index contributed by atoms with van der Waals surface area (Å²) in [6, 6.07) is 23.4. The van der Waals surface area contributed by atoms with Crippen LogP contribution in [-0.4, -0.2) is 19.6 Å². The molecule has 0 unspecified atom stereocenters. The van der Waals surface area contributed by atoms with Crippen LogP contribution in [0.25, 0.3) is 72.7 Å². The number of hydrogen-bond donors (Lipinski definition) is 1. The van der Waals surface area contributed by atoms with E-state index in [9.17, 15) is 6.48 Å². The molecule has 2 aromatic heterocycles. The van der Waals surface area contributed by atoms with Gasteiger partial charge in [-0.15, -0.1) is 0 Å². The van der Waals surface area contributed by atoms with Crippen molar-refractivity contribution in [2.75, 3.05) is 0 Å². The summed E-state index contributed by atoms with van der Waals surface area (Å²) in [6.07, 6.45) is -0.628. The van der Waals surface area contributed by atoms with Gasteiger partial charge in [0.1, 0.15) is 11.6 Å². The quantitative estimate of drug-likeness (QED) is 0.167. The van der Waals surface area contributed by atoms with E-state index in [1.807, 2.05) is 51.1 Å². The molecular weight excluding hydrogens is 707 g/mol. The number of nitrogens with zero attached hydrogens (tertiary/aromatic N) is 3. The highest BCUT2D eigenvalue weighted by atomic mass is 16.3. The summed E-state index contributed by atoms with van der Waals surface area (Å²) in [5, 5.41) is 11.4. The number of phenols is 1. The number of para-hydroxylation sites is 2. The average molecular weight is 775 g/mol. The topological polar surface area (TPSA) is 50.9 Å². The van der Waals surface area contributed by atoms with Crippen molar-refractivity contribution in [3.63, 3.8) is 0 Å². The maximum atomic E-state index is 11.4. The van der Waals surface area contributed by atoms with Gasteiger partial charge >= 0.3 is 0 Å². The van der Waals surface area contributed by atoms with E-state index >= 15 is 0 Å². The van der Waals surface area contributed by atoms with Crippen LogP contribution in [0.4, 0.5) is 0 Å². The maximum Gasteiger partial charge on any atom is 0.149 e. The van der Waals surface area contributed by atoms with Crippen molar-refractivity contribution in [1.82, 2.24) is 14.5 Å². The largest absolute Gasteiger partial charge is 0.507 e. The SMILES string of the molecule is [2H]c1nc(-c2cc(-c3cccc4c3nc(-c3ccccc3O)n4-c3ccc(-c4c(C([2H])(C)C)cccc4C([2H])(C)C)cc3C([2H])([2H])[2H])cc(C(C)(C)C)c2)c([2H])c(-c2c([2H])c([2H])c(C([2H])([2H])[2H])c([2H])c2[2H])c1[2H]. The Bertz CT molecular complexity index is 3480. The minimum Gasteiger partial charge on any atom is -0.507 e. The molecule has 0 saturated heterocycles. The smallest absolute Gasteiger partial charge is 0.149 e. The van der Waals surface area contributed by atoms with E-state index in [0.29, 0.717) is 55.5 Å². The third-order valence-electron chi connectivity index (χ3n) is 10.3. The van der Waals surface area contributed by atoms with Crippen molar-refractivity contribution in [1.29, 1.82) is 0 Å². The van der Waals surface area contributed by atoms with E-state index in [-0.39, 0.29) is 28.5 Å². The van der Waals surface area contributed by atoms with Crippen LogP contribution in [0.3, 0.4) is 0 Å². The number of aryl methyl sites for hydroxylation is 1. The van der Waals surface area contributed by atoms with E-state index in [1.165, 1.54) is 6.07 Å². The molecule has 0 spiro atoms. The van der Waals surface area contributed by atoms with Crippen molar-refractivity contribution in [2.45, 2.75) is 79.4 Å². The van der Waals surface area contributed by atoms with Gasteiger partial charge in [-0.2, -0.15) is 0 Å². The second-order valence-electron chi connectivity index (χ2n) is 15.9. The van der Waals surface area contributed by atoms with E-state index in [4.69, 9.17) is 24.2 Å². The summed E-state index contributed by atoms with van der Waals surface area (Å²) < 4.78 is 132. The van der Waals surface area contributed by atoms with Gasteiger partial charge in [0.05, 0.1) is 37.6 Å². The minimum absolute atomic E-state index is 0.0570. The Morgan fingerprint density at radius 3 is 2.09 bits per heavy atom. The zero-order valence-corrected chi connectivity index (χ0v) is 33.5. The first-order valence-electron chi connectivity index (χ1n) is 26.6. The summed E-state index contributed by atoms with van der Waals surface area (Å²) in [6.45, 7) is 7.17. The Hall–Kier alpha value is -6.26. The molecule has 0 fully saturated rings. The van der Waals surface area contributed by atoms with Crippen LogP contribution >= 0.6 is 0 Å². The molecule has 8 rings (SSSR count). The van der Waals surface area contributed by atoms with E-state index in [2.05, 4.69) is 4.98 Å². The molecule has 0 aliphatic rings. The monoisotopic (exact) mass is 775 g/mol. The van der Waals surface area contributed by atoms with Gasteiger partial charge in [0.15, 0.2) is 0 Å². The molecule has 4 heteroatoms. The van der Waals surface area contributed by atoms with Crippen molar-refractivity contribution in [3.8, 4) is 67.5 Å². The highest BCUT2D eigenvalue weighted by Gasteiger charge is 2.24. The number of hydrogen-bond acceptors (Lipinski definition) is 3. The number of aromatic nitrogens is 3. The van der Waals surface area contributed by atoms with Gasteiger partial charge in [0, 0.05) is 28.3 Å². The van der Waals surface area contributed by atoms with E-state index < -0.39 is 90.0 Å². The number of rotatable bonds is 8. The third-order valence-corrected chi connectivity index (χ3v) is 10.3. The van der Waals surface area contributed by atoms with Crippen LogP contribution in [0.1, 0.15) is 109 Å². The summed E-state index contributed by atoms with van der Waals surface area (Å²) >= 11 is 0. The summed E-state index contributed by atoms with van der Waals surface area (Å²) in [5.74, 6) is -2.15. The van der Waals surface area contributed by atoms with E-state index in [1.54, 1.807) is 92.9 Å². The number of pyridine rings is 1. The second kappa shape index (κ2) is 15.2. The van der Waals surface area contributed by atoms with Crippen LogP contribution in [-0.2, 0) is 5.41 Å². The first-order valence-corrected chi connectivity index (χ1v) is 19.1. The highest BCUT2D eigenvalue weighted by molar-refractivity contribution is 5.97. The fourth-order valence-electron chi connectivity index (χ4n) is 7.37. The Labute approximate surface area is 365 Å². The number of aromatic hydroxyl groups is 1. The summed E-state index contributed by atoms with van der Waals surface area (Å²) in [4.78, 5) is 9.57. The van der Waals surface area contributed by atoms with Gasteiger partial charge in [-0.3, -0.25) is 9.55 Å². The molecule has 6 aromatic carbocycles. The molecule has 0 amide bonds. The first kappa shape index (κ1) is 24.5. The lowest BCUT2D eigenvalue weighted by molar-refractivity contribution is 0.477. The lowest BCUT2D eigenvalue weighted by Crippen LogP contribution is -2.11. The first-order chi connectivity index (χ1) is 33.7. The Morgan fingerprint density at radius 1 is 0.690 bits per heavy atom. The van der Waals surface area contributed by atoms with Crippen LogP contribution in [0.15, 0.2) is 139 Å². The third kappa shape index (κ3) is 7.24. The summed E-state index contributed by atoms with van der Waals surface area (Å²) in [5.41, 5.74) is 3.33. The van der Waals surface area contributed by atoms with E-state index in [0.717, 1.165) is 5.56 Å². The average Bonchev–Trinajstić information content (AvgIpc) is 3.68. The second-order valence-corrected chi connectivity index (χ2v) is 15.9. The molecule has 1 N–H and O–H groups in total. The number of fused-ring (bicyclic) bond motifs is 1. The minimum atomic E-state index is -3.00. The molecule has 0 bridgehead atoms. The highest BCUT2D eigenvalue weighted by Crippen LogP contribution is 2.42. The van der Waals surface area contributed by atoms with Crippen molar-refractivity contribution in [2.24, 2.45) is 0 Å². The standard InChI is InChI=1S/C54H53N3O/c1-33(2)43-15-12-16-44(34(3)4)51(43)39-24-25-48(36(6)28-39)57-49-18-13-17-45(52(49)56-53(57)46-14-10-11-19-50(46)58)40-29-41(31-42(30-40)54(7,8)9)47-32-38(26-27-55-47)37-22-20-35(5)21-23-37/h10-34,58H,1-9H3/i5D3,6D3,20D,21D,22D,23D,26D,27D,32D,33D,34D. The van der Waals surface area contributed by atoms with Crippen molar-refractivity contribution >= 4 is 11.0 Å². The molecule has 8 aromatic rings. The van der Waals surface area contributed by atoms with Gasteiger partial charge < -0.3 is 5.11 Å². The molecule has 0 radical (unpaired) electrons. The Kier molecular flexibility index (Phi) is 6.44. The lowest BCUT2D eigenvalue weighted by Gasteiger charge is -2.22. The zero-order valence-electron chi connectivity index (χ0n) is 48.5. The Morgan fingerprint density at radius 2 is 1.40 bits per heavy atom. The fourth-order valence-corrected chi connectivity index (χ4v) is 7.37. The predicted molar refractivity (Wildman–Crippen MR) is 244 cm³/mol. The molecule has 0 aliphatic heterocycles. The molecular formula is C54H53N3O. The molecule has 58 heavy (non-hydrogen) atoms. The molecule has 2 heterocycles. The molecule has 0 aliphatic carbocycles. The molecule has 4 nitrogen and oxygen atoms in total.